The summed E-state index contributed by atoms with van der Waals surface area (Å²) in [6.45, 7) is 1.82. The van der Waals surface area contributed by atoms with Gasteiger partial charge >= 0.3 is 0 Å². The van der Waals surface area contributed by atoms with Crippen LogP contribution in [0.25, 0.3) is 0 Å². The number of hydrogen-bond acceptors (Lipinski definition) is 5. The molecule has 1 aromatic heterocycles. The Bertz CT molecular complexity index is 593. The summed E-state index contributed by atoms with van der Waals surface area (Å²) in [6, 6.07) is 11.6. The Hall–Kier alpha value is -1.98. The lowest BCUT2D eigenvalue weighted by Crippen LogP contribution is -2.13. The highest BCUT2D eigenvalue weighted by molar-refractivity contribution is 5.94. The van der Waals surface area contributed by atoms with Crippen LogP contribution in [0.3, 0.4) is 0 Å². The molecule has 0 aliphatic carbocycles. The number of benzene rings is 1. The molecule has 0 saturated heterocycles. The molecule has 23 heavy (non-hydrogen) atoms. The summed E-state index contributed by atoms with van der Waals surface area (Å²) in [5.41, 5.74) is 1.50. The molecule has 5 nitrogen and oxygen atoms in total. The summed E-state index contributed by atoms with van der Waals surface area (Å²) in [6.07, 6.45) is 2.37. The predicted octanol–water partition coefficient (Wildman–Crippen LogP) is 3.31. The lowest BCUT2D eigenvalue weighted by Gasteiger charge is -2.07. The standard InChI is InChI=1S/C18H24N2O3/c1-20(2)11-7-6-10-18(21)17-12-16(23-19-17)14-22-13-15-8-4-3-5-9-15/h3-5,8-9,12H,6-7,10-11,13-14H2,1-2H3. The van der Waals surface area contributed by atoms with Crippen molar-refractivity contribution in [3.63, 3.8) is 0 Å². The molecule has 0 aliphatic heterocycles. The van der Waals surface area contributed by atoms with Gasteiger partial charge in [-0.25, -0.2) is 0 Å². The van der Waals surface area contributed by atoms with Gasteiger partial charge in [-0.2, -0.15) is 0 Å². The van der Waals surface area contributed by atoms with Gasteiger partial charge in [0.25, 0.3) is 0 Å². The zero-order valence-electron chi connectivity index (χ0n) is 13.8. The molecule has 0 radical (unpaired) electrons. The fourth-order valence-corrected chi connectivity index (χ4v) is 2.20. The van der Waals surface area contributed by atoms with Crippen LogP contribution < -0.4 is 0 Å². The quantitative estimate of drug-likeness (QED) is 0.497. The molecule has 0 spiro atoms. The number of hydrogen-bond donors (Lipinski definition) is 0. The molecule has 2 aromatic rings. The Morgan fingerprint density at radius 2 is 1.96 bits per heavy atom. The average molecular weight is 316 g/mol. The second-order valence-corrected chi connectivity index (χ2v) is 5.84. The Morgan fingerprint density at radius 3 is 2.70 bits per heavy atom. The lowest BCUT2D eigenvalue weighted by atomic mass is 10.1. The van der Waals surface area contributed by atoms with Crippen molar-refractivity contribution >= 4 is 5.78 Å². The van der Waals surface area contributed by atoms with Crippen LogP contribution in [-0.4, -0.2) is 36.5 Å². The van der Waals surface area contributed by atoms with E-state index in [1.807, 2.05) is 44.4 Å². The van der Waals surface area contributed by atoms with Crippen molar-refractivity contribution in [2.24, 2.45) is 0 Å². The Balaban J connectivity index is 1.71. The van der Waals surface area contributed by atoms with Gasteiger partial charge in [-0.05, 0) is 39.0 Å². The van der Waals surface area contributed by atoms with Gasteiger partial charge in [0.2, 0.25) is 0 Å². The largest absolute Gasteiger partial charge is 0.369 e. The fourth-order valence-electron chi connectivity index (χ4n) is 2.20. The first-order valence-corrected chi connectivity index (χ1v) is 7.90. The van der Waals surface area contributed by atoms with Crippen LogP contribution in [0.1, 0.15) is 41.1 Å². The van der Waals surface area contributed by atoms with Gasteiger partial charge in [-0.3, -0.25) is 4.79 Å². The Labute approximate surface area is 137 Å². The summed E-state index contributed by atoms with van der Waals surface area (Å²) < 4.78 is 10.7. The molecule has 1 aromatic carbocycles. The van der Waals surface area contributed by atoms with Crippen molar-refractivity contribution < 1.29 is 14.1 Å². The number of aromatic nitrogens is 1. The van der Waals surface area contributed by atoms with Gasteiger partial charge < -0.3 is 14.2 Å². The van der Waals surface area contributed by atoms with Gasteiger partial charge in [0.05, 0.1) is 6.61 Å². The molecule has 0 bridgehead atoms. The zero-order chi connectivity index (χ0) is 16.5. The summed E-state index contributed by atoms with van der Waals surface area (Å²) in [7, 11) is 4.06. The number of Topliss-reactive ketones (excluding diaryl/α,β-unsaturated/α-hetero) is 1. The Morgan fingerprint density at radius 1 is 1.17 bits per heavy atom. The maximum Gasteiger partial charge on any atom is 0.184 e. The molecular formula is C18H24N2O3. The smallest absolute Gasteiger partial charge is 0.184 e. The minimum Gasteiger partial charge on any atom is -0.369 e. The molecule has 0 saturated carbocycles. The highest BCUT2D eigenvalue weighted by Crippen LogP contribution is 2.11. The van der Waals surface area contributed by atoms with Crippen molar-refractivity contribution in [3.8, 4) is 0 Å². The first-order valence-electron chi connectivity index (χ1n) is 7.90. The normalized spacial score (nSPS) is 11.1. The minimum atomic E-state index is 0.0295. The molecule has 1 heterocycles. The average Bonchev–Trinajstić information content (AvgIpc) is 3.01. The van der Waals surface area contributed by atoms with E-state index in [0.717, 1.165) is 24.9 Å². The van der Waals surface area contributed by atoms with E-state index in [4.69, 9.17) is 9.26 Å². The van der Waals surface area contributed by atoms with Gasteiger partial charge in [0, 0.05) is 12.5 Å². The summed E-state index contributed by atoms with van der Waals surface area (Å²) in [5, 5.41) is 3.84. The first kappa shape index (κ1) is 17.4. The van der Waals surface area contributed by atoms with Crippen LogP contribution in [0.15, 0.2) is 40.9 Å². The summed E-state index contributed by atoms with van der Waals surface area (Å²) in [4.78, 5) is 14.1. The van der Waals surface area contributed by atoms with Crippen molar-refractivity contribution in [1.82, 2.24) is 10.1 Å². The first-order chi connectivity index (χ1) is 11.1. The number of unbranched alkanes of at least 4 members (excludes halogenated alkanes) is 1. The van der Waals surface area contributed by atoms with E-state index in [1.165, 1.54) is 0 Å². The molecule has 0 amide bonds. The highest BCUT2D eigenvalue weighted by Gasteiger charge is 2.12. The number of rotatable bonds is 10. The minimum absolute atomic E-state index is 0.0295. The molecule has 0 N–H and O–H groups in total. The molecule has 0 aliphatic rings. The van der Waals surface area contributed by atoms with Crippen molar-refractivity contribution in [2.45, 2.75) is 32.5 Å². The predicted molar refractivity (Wildman–Crippen MR) is 88.2 cm³/mol. The van der Waals surface area contributed by atoms with Gasteiger partial charge in [-0.15, -0.1) is 0 Å². The van der Waals surface area contributed by atoms with Crippen LogP contribution in [0.5, 0.6) is 0 Å². The Kier molecular flexibility index (Phi) is 6.97. The van der Waals surface area contributed by atoms with Crippen LogP contribution in [-0.2, 0) is 18.0 Å². The second-order valence-electron chi connectivity index (χ2n) is 5.84. The van der Waals surface area contributed by atoms with Gasteiger partial charge in [-0.1, -0.05) is 35.5 Å². The summed E-state index contributed by atoms with van der Waals surface area (Å²) >= 11 is 0. The number of ketones is 1. The number of carbonyl (C=O) groups is 1. The molecule has 0 unspecified atom stereocenters. The van der Waals surface area contributed by atoms with Crippen LogP contribution in [0.4, 0.5) is 0 Å². The van der Waals surface area contributed by atoms with Crippen LogP contribution in [0, 0.1) is 0 Å². The monoisotopic (exact) mass is 316 g/mol. The fraction of sp³-hybridized carbons (Fsp3) is 0.444. The molecular weight excluding hydrogens is 292 g/mol. The molecule has 124 valence electrons. The number of carbonyl (C=O) groups excluding carboxylic acids is 1. The van der Waals surface area contributed by atoms with Crippen molar-refractivity contribution in [1.29, 1.82) is 0 Å². The maximum atomic E-state index is 12.0. The number of ether oxygens (including phenoxy) is 1. The molecule has 2 rings (SSSR count). The van der Waals surface area contributed by atoms with E-state index in [9.17, 15) is 4.79 Å². The third-order valence-corrected chi connectivity index (χ3v) is 3.46. The lowest BCUT2D eigenvalue weighted by molar-refractivity contribution is 0.0879. The highest BCUT2D eigenvalue weighted by atomic mass is 16.5. The van der Waals surface area contributed by atoms with E-state index in [-0.39, 0.29) is 5.78 Å². The topological polar surface area (TPSA) is 55.6 Å². The third-order valence-electron chi connectivity index (χ3n) is 3.46. The van der Waals surface area contributed by atoms with Crippen molar-refractivity contribution in [2.75, 3.05) is 20.6 Å². The van der Waals surface area contributed by atoms with Gasteiger partial charge in [0.1, 0.15) is 12.3 Å². The van der Waals surface area contributed by atoms with E-state index in [2.05, 4.69) is 10.1 Å². The second kappa shape index (κ2) is 9.22. The summed E-state index contributed by atoms with van der Waals surface area (Å²) in [5.74, 6) is 0.611. The van der Waals surface area contributed by atoms with E-state index < -0.39 is 0 Å². The van der Waals surface area contributed by atoms with E-state index in [0.29, 0.717) is 31.1 Å². The SMILES string of the molecule is CN(C)CCCCC(=O)c1cc(COCc2ccccc2)on1. The molecule has 0 atom stereocenters. The zero-order valence-corrected chi connectivity index (χ0v) is 13.8. The van der Waals surface area contributed by atoms with Crippen LogP contribution in [0.2, 0.25) is 0 Å². The van der Waals surface area contributed by atoms with Gasteiger partial charge in [0.15, 0.2) is 11.5 Å². The van der Waals surface area contributed by atoms with Crippen LogP contribution >= 0.6 is 0 Å². The number of nitrogens with zero attached hydrogens (tertiary/aromatic N) is 2. The van der Waals surface area contributed by atoms with E-state index >= 15 is 0 Å². The maximum absolute atomic E-state index is 12.0. The third kappa shape index (κ3) is 6.34. The van der Waals surface area contributed by atoms with E-state index in [1.54, 1.807) is 6.07 Å². The van der Waals surface area contributed by atoms with Crippen molar-refractivity contribution in [3.05, 3.63) is 53.4 Å². The molecule has 5 heteroatoms. The molecule has 0 fully saturated rings.